The molecule has 0 aromatic carbocycles. The maximum absolute atomic E-state index is 12.0. The fraction of sp³-hybridized carbons (Fsp3) is 0.545. The number of carbonyl (C=O) groups excluding carboxylic acids is 1. The molecule has 82 valence electrons. The zero-order valence-corrected chi connectivity index (χ0v) is 9.19. The molecule has 0 saturated carbocycles. The van der Waals surface area contributed by atoms with Crippen molar-refractivity contribution in [1.82, 2.24) is 9.80 Å². The second kappa shape index (κ2) is 4.06. The van der Waals surface area contributed by atoms with Crippen molar-refractivity contribution in [2.45, 2.75) is 6.92 Å². The molecule has 15 heavy (non-hydrogen) atoms. The van der Waals surface area contributed by atoms with Crippen LogP contribution in [0.1, 0.15) is 16.1 Å². The third-order valence-corrected chi connectivity index (χ3v) is 2.88. The van der Waals surface area contributed by atoms with E-state index in [1.807, 2.05) is 11.8 Å². The van der Waals surface area contributed by atoms with Crippen molar-refractivity contribution in [3.05, 3.63) is 23.7 Å². The molecule has 0 N–H and O–H groups in total. The van der Waals surface area contributed by atoms with Gasteiger partial charge >= 0.3 is 0 Å². The van der Waals surface area contributed by atoms with Crippen LogP contribution in [0.5, 0.6) is 0 Å². The lowest BCUT2D eigenvalue weighted by molar-refractivity contribution is 0.0662. The summed E-state index contributed by atoms with van der Waals surface area (Å²) in [5.41, 5.74) is 0.694. The molecule has 1 saturated heterocycles. The first kappa shape index (κ1) is 10.2. The van der Waals surface area contributed by atoms with Gasteiger partial charge in [0, 0.05) is 26.2 Å². The quantitative estimate of drug-likeness (QED) is 0.690. The van der Waals surface area contributed by atoms with Crippen LogP contribution < -0.4 is 0 Å². The van der Waals surface area contributed by atoms with Crippen molar-refractivity contribution in [3.63, 3.8) is 0 Å². The number of hydrogen-bond acceptors (Lipinski definition) is 3. The number of nitrogens with zero attached hydrogens (tertiary/aromatic N) is 2. The summed E-state index contributed by atoms with van der Waals surface area (Å²) in [6.45, 7) is 5.33. The average molecular weight is 208 g/mol. The van der Waals surface area contributed by atoms with E-state index in [1.54, 1.807) is 12.3 Å². The fourth-order valence-corrected chi connectivity index (χ4v) is 1.79. The van der Waals surface area contributed by atoms with Crippen LogP contribution >= 0.6 is 0 Å². The van der Waals surface area contributed by atoms with E-state index in [4.69, 9.17) is 4.42 Å². The number of piperazine rings is 1. The zero-order valence-electron chi connectivity index (χ0n) is 9.19. The molecule has 0 unspecified atom stereocenters. The van der Waals surface area contributed by atoms with Crippen LogP contribution in [0.25, 0.3) is 0 Å². The van der Waals surface area contributed by atoms with Crippen LogP contribution in [-0.4, -0.2) is 48.9 Å². The Labute approximate surface area is 89.5 Å². The number of rotatable bonds is 1. The number of carbonyl (C=O) groups is 1. The topological polar surface area (TPSA) is 36.7 Å². The first-order valence-corrected chi connectivity index (χ1v) is 5.20. The largest absolute Gasteiger partial charge is 0.469 e. The molecule has 4 heteroatoms. The van der Waals surface area contributed by atoms with E-state index in [0.717, 1.165) is 26.2 Å². The van der Waals surface area contributed by atoms with Gasteiger partial charge in [-0.2, -0.15) is 0 Å². The van der Waals surface area contributed by atoms with Gasteiger partial charge in [0.1, 0.15) is 5.76 Å². The van der Waals surface area contributed by atoms with E-state index in [9.17, 15) is 4.79 Å². The maximum atomic E-state index is 12.0. The summed E-state index contributed by atoms with van der Waals surface area (Å²) in [5, 5.41) is 0. The standard InChI is InChI=1S/C11H16N2O2/c1-9-10(3-8-15-9)11(14)13-6-4-12(2)5-7-13/h3,8H,4-7H2,1-2H3. The number of furan rings is 1. The highest BCUT2D eigenvalue weighted by molar-refractivity contribution is 5.95. The summed E-state index contributed by atoms with van der Waals surface area (Å²) in [7, 11) is 2.07. The Hall–Kier alpha value is -1.29. The van der Waals surface area contributed by atoms with E-state index in [0.29, 0.717) is 11.3 Å². The Bertz CT molecular complexity index is 351. The predicted molar refractivity (Wildman–Crippen MR) is 56.8 cm³/mol. The molecule has 4 nitrogen and oxygen atoms in total. The lowest BCUT2D eigenvalue weighted by atomic mass is 10.2. The van der Waals surface area contributed by atoms with Crippen molar-refractivity contribution in [2.75, 3.05) is 33.2 Å². The molecule has 1 aromatic rings. The Kier molecular flexibility index (Phi) is 2.77. The Morgan fingerprint density at radius 3 is 2.53 bits per heavy atom. The van der Waals surface area contributed by atoms with Gasteiger partial charge in [0.15, 0.2) is 0 Å². The normalized spacial score (nSPS) is 18.1. The molecule has 0 bridgehead atoms. The van der Waals surface area contributed by atoms with Gasteiger partial charge in [0.25, 0.3) is 5.91 Å². The van der Waals surface area contributed by atoms with Gasteiger partial charge in [-0.3, -0.25) is 4.79 Å². The van der Waals surface area contributed by atoms with Crippen LogP contribution in [-0.2, 0) is 0 Å². The summed E-state index contributed by atoms with van der Waals surface area (Å²) in [6.07, 6.45) is 1.57. The van der Waals surface area contributed by atoms with E-state index >= 15 is 0 Å². The van der Waals surface area contributed by atoms with Gasteiger partial charge in [-0.25, -0.2) is 0 Å². The summed E-state index contributed by atoms with van der Waals surface area (Å²) in [5.74, 6) is 0.799. The highest BCUT2D eigenvalue weighted by Crippen LogP contribution is 2.13. The Morgan fingerprint density at radius 1 is 1.33 bits per heavy atom. The molecule has 0 radical (unpaired) electrons. The van der Waals surface area contributed by atoms with Crippen molar-refractivity contribution >= 4 is 5.91 Å². The number of hydrogen-bond donors (Lipinski definition) is 0. The molecule has 1 amide bonds. The first-order valence-electron chi connectivity index (χ1n) is 5.20. The van der Waals surface area contributed by atoms with Crippen molar-refractivity contribution in [3.8, 4) is 0 Å². The number of likely N-dealkylation sites (N-methyl/N-ethyl adjacent to an activating group) is 1. The van der Waals surface area contributed by atoms with Crippen LogP contribution in [0.3, 0.4) is 0 Å². The molecule has 1 aliphatic rings. The summed E-state index contributed by atoms with van der Waals surface area (Å²) in [6, 6.07) is 1.75. The molecule has 0 aliphatic carbocycles. The fourth-order valence-electron chi connectivity index (χ4n) is 1.79. The van der Waals surface area contributed by atoms with Crippen LogP contribution in [0.15, 0.2) is 16.7 Å². The van der Waals surface area contributed by atoms with E-state index in [2.05, 4.69) is 11.9 Å². The van der Waals surface area contributed by atoms with Crippen molar-refractivity contribution in [2.24, 2.45) is 0 Å². The maximum Gasteiger partial charge on any atom is 0.257 e. The average Bonchev–Trinajstić information content (AvgIpc) is 2.65. The highest BCUT2D eigenvalue weighted by Gasteiger charge is 2.22. The van der Waals surface area contributed by atoms with Gasteiger partial charge in [-0.05, 0) is 20.0 Å². The monoisotopic (exact) mass is 208 g/mol. The molecule has 2 rings (SSSR count). The highest BCUT2D eigenvalue weighted by atomic mass is 16.3. The number of aryl methyl sites for hydroxylation is 1. The minimum Gasteiger partial charge on any atom is -0.469 e. The second-order valence-corrected chi connectivity index (χ2v) is 3.99. The summed E-state index contributed by atoms with van der Waals surface area (Å²) in [4.78, 5) is 16.2. The minimum atomic E-state index is 0.0920. The molecule has 1 fully saturated rings. The zero-order chi connectivity index (χ0) is 10.8. The molecule has 2 heterocycles. The Balaban J connectivity index is 2.06. The van der Waals surface area contributed by atoms with E-state index in [-0.39, 0.29) is 5.91 Å². The summed E-state index contributed by atoms with van der Waals surface area (Å²) >= 11 is 0. The van der Waals surface area contributed by atoms with Crippen LogP contribution in [0.4, 0.5) is 0 Å². The van der Waals surface area contributed by atoms with Gasteiger partial charge in [-0.1, -0.05) is 0 Å². The first-order chi connectivity index (χ1) is 7.18. The third kappa shape index (κ3) is 2.04. The molecular weight excluding hydrogens is 192 g/mol. The van der Waals surface area contributed by atoms with Gasteiger partial charge in [0.2, 0.25) is 0 Å². The van der Waals surface area contributed by atoms with Gasteiger partial charge < -0.3 is 14.2 Å². The SMILES string of the molecule is Cc1occc1C(=O)N1CCN(C)CC1. The van der Waals surface area contributed by atoms with E-state index in [1.165, 1.54) is 0 Å². The molecular formula is C11H16N2O2. The van der Waals surface area contributed by atoms with Gasteiger partial charge in [0.05, 0.1) is 11.8 Å². The predicted octanol–water partition coefficient (Wildman–Crippen LogP) is 0.976. The van der Waals surface area contributed by atoms with Crippen molar-refractivity contribution < 1.29 is 9.21 Å². The van der Waals surface area contributed by atoms with Gasteiger partial charge in [-0.15, -0.1) is 0 Å². The molecule has 0 atom stereocenters. The molecule has 0 spiro atoms. The number of amides is 1. The second-order valence-electron chi connectivity index (χ2n) is 3.99. The summed E-state index contributed by atoms with van der Waals surface area (Å²) < 4.78 is 5.14. The smallest absolute Gasteiger partial charge is 0.257 e. The Morgan fingerprint density at radius 2 is 2.00 bits per heavy atom. The third-order valence-electron chi connectivity index (χ3n) is 2.88. The van der Waals surface area contributed by atoms with E-state index < -0.39 is 0 Å². The molecule has 1 aliphatic heterocycles. The molecule has 1 aromatic heterocycles. The van der Waals surface area contributed by atoms with Crippen LogP contribution in [0.2, 0.25) is 0 Å². The minimum absolute atomic E-state index is 0.0920. The lowest BCUT2D eigenvalue weighted by Gasteiger charge is -2.32. The van der Waals surface area contributed by atoms with Crippen molar-refractivity contribution in [1.29, 1.82) is 0 Å². The lowest BCUT2D eigenvalue weighted by Crippen LogP contribution is -2.47. The van der Waals surface area contributed by atoms with Crippen LogP contribution in [0, 0.1) is 6.92 Å².